The normalized spacial score (nSPS) is 11.1. The van der Waals surface area contributed by atoms with Crippen LogP contribution in [0.5, 0.6) is 11.5 Å². The summed E-state index contributed by atoms with van der Waals surface area (Å²) in [6, 6.07) is 13.0. The fourth-order valence-electron chi connectivity index (χ4n) is 2.17. The van der Waals surface area contributed by atoms with Crippen molar-refractivity contribution in [1.82, 2.24) is 5.32 Å². The second-order valence-corrected chi connectivity index (χ2v) is 8.13. The van der Waals surface area contributed by atoms with E-state index in [1.54, 1.807) is 24.3 Å². The quantitative estimate of drug-likeness (QED) is 0.618. The van der Waals surface area contributed by atoms with Gasteiger partial charge in [-0.15, -0.1) is 0 Å². The highest BCUT2D eigenvalue weighted by Gasteiger charge is 2.15. The number of rotatable bonds is 7. The SMILES string of the molecule is CC(C)(C)c1ccc(OCC(=O)NCCOc2ccc(Cl)cc2)c(Br)c1. The Hall–Kier alpha value is -1.72. The number of halogens is 2. The lowest BCUT2D eigenvalue weighted by atomic mass is 9.87. The zero-order valence-corrected chi connectivity index (χ0v) is 17.5. The van der Waals surface area contributed by atoms with Crippen LogP contribution in [0.25, 0.3) is 0 Å². The van der Waals surface area contributed by atoms with Gasteiger partial charge in [0.25, 0.3) is 5.91 Å². The van der Waals surface area contributed by atoms with Gasteiger partial charge in [0.15, 0.2) is 6.61 Å². The topological polar surface area (TPSA) is 47.6 Å². The molecule has 26 heavy (non-hydrogen) atoms. The molecule has 0 heterocycles. The first kappa shape index (κ1) is 20.6. The standard InChI is InChI=1S/C20H23BrClNO3/c1-20(2,3)14-4-9-18(17(21)12-14)26-13-19(24)23-10-11-25-16-7-5-15(22)6-8-16/h4-9,12H,10-11,13H2,1-3H3,(H,23,24). The van der Waals surface area contributed by atoms with Crippen molar-refractivity contribution >= 4 is 33.4 Å². The molecule has 0 saturated carbocycles. The average Bonchev–Trinajstić information content (AvgIpc) is 2.58. The van der Waals surface area contributed by atoms with Gasteiger partial charge in [0.05, 0.1) is 11.0 Å². The minimum absolute atomic E-state index is 0.0472. The fourth-order valence-corrected chi connectivity index (χ4v) is 2.79. The first-order valence-electron chi connectivity index (χ1n) is 8.33. The van der Waals surface area contributed by atoms with Gasteiger partial charge in [-0.2, -0.15) is 0 Å². The molecule has 6 heteroatoms. The third-order valence-electron chi connectivity index (χ3n) is 3.66. The average molecular weight is 441 g/mol. The molecule has 0 aliphatic heterocycles. The Morgan fingerprint density at radius 3 is 2.42 bits per heavy atom. The highest BCUT2D eigenvalue weighted by Crippen LogP contribution is 2.31. The van der Waals surface area contributed by atoms with E-state index in [0.29, 0.717) is 29.7 Å². The molecule has 2 rings (SSSR count). The Morgan fingerprint density at radius 2 is 1.81 bits per heavy atom. The maximum atomic E-state index is 11.9. The summed E-state index contributed by atoms with van der Waals surface area (Å²) in [5.74, 6) is 1.16. The molecule has 2 aromatic carbocycles. The summed E-state index contributed by atoms with van der Waals surface area (Å²) in [5.41, 5.74) is 1.25. The van der Waals surface area contributed by atoms with Crippen LogP contribution < -0.4 is 14.8 Å². The molecular weight excluding hydrogens is 418 g/mol. The summed E-state index contributed by atoms with van der Waals surface area (Å²) < 4.78 is 11.9. The lowest BCUT2D eigenvalue weighted by Crippen LogP contribution is -2.32. The largest absolute Gasteiger partial charge is 0.492 e. The summed E-state index contributed by atoms with van der Waals surface area (Å²) in [5, 5.41) is 3.42. The molecule has 140 valence electrons. The van der Waals surface area contributed by atoms with Crippen LogP contribution >= 0.6 is 27.5 Å². The highest BCUT2D eigenvalue weighted by atomic mass is 79.9. The first-order valence-corrected chi connectivity index (χ1v) is 9.51. The Balaban J connectivity index is 1.72. The Bertz CT molecular complexity index is 742. The van der Waals surface area contributed by atoms with Gasteiger partial charge >= 0.3 is 0 Å². The van der Waals surface area contributed by atoms with E-state index >= 15 is 0 Å². The lowest BCUT2D eigenvalue weighted by Gasteiger charge is -2.20. The zero-order valence-electron chi connectivity index (χ0n) is 15.1. The summed E-state index contributed by atoms with van der Waals surface area (Å²) in [6.07, 6.45) is 0. The molecule has 1 amide bonds. The predicted molar refractivity (Wildman–Crippen MR) is 108 cm³/mol. The Kier molecular flexibility index (Phi) is 7.35. The van der Waals surface area contributed by atoms with Crippen LogP contribution in [0, 0.1) is 0 Å². The lowest BCUT2D eigenvalue weighted by molar-refractivity contribution is -0.123. The second-order valence-electron chi connectivity index (χ2n) is 6.84. The van der Waals surface area contributed by atoms with Crippen molar-refractivity contribution in [3.05, 3.63) is 57.5 Å². The van der Waals surface area contributed by atoms with E-state index in [4.69, 9.17) is 21.1 Å². The van der Waals surface area contributed by atoms with E-state index in [1.165, 1.54) is 5.56 Å². The van der Waals surface area contributed by atoms with Crippen LogP contribution in [0.1, 0.15) is 26.3 Å². The summed E-state index contributed by atoms with van der Waals surface area (Å²) in [4.78, 5) is 11.9. The van der Waals surface area contributed by atoms with Crippen molar-refractivity contribution in [3.8, 4) is 11.5 Å². The van der Waals surface area contributed by atoms with Crippen LogP contribution in [0.2, 0.25) is 5.02 Å². The molecule has 0 radical (unpaired) electrons. The third-order valence-corrected chi connectivity index (χ3v) is 4.53. The number of benzene rings is 2. The van der Waals surface area contributed by atoms with Gasteiger partial charge in [-0.25, -0.2) is 0 Å². The van der Waals surface area contributed by atoms with Crippen molar-refractivity contribution in [3.63, 3.8) is 0 Å². The number of carbonyl (C=O) groups excluding carboxylic acids is 1. The molecule has 2 aromatic rings. The van der Waals surface area contributed by atoms with E-state index in [0.717, 1.165) is 4.47 Å². The molecule has 4 nitrogen and oxygen atoms in total. The maximum absolute atomic E-state index is 11.9. The molecule has 0 aliphatic rings. The van der Waals surface area contributed by atoms with Gasteiger partial charge in [-0.05, 0) is 63.3 Å². The second kappa shape index (κ2) is 9.28. The van der Waals surface area contributed by atoms with Gasteiger partial charge < -0.3 is 14.8 Å². The van der Waals surface area contributed by atoms with Gasteiger partial charge in [0.1, 0.15) is 18.1 Å². The van der Waals surface area contributed by atoms with Crippen molar-refractivity contribution in [2.45, 2.75) is 26.2 Å². The first-order chi connectivity index (χ1) is 12.3. The van der Waals surface area contributed by atoms with E-state index in [9.17, 15) is 4.79 Å². The zero-order chi connectivity index (χ0) is 19.2. The predicted octanol–water partition coefficient (Wildman–Crippen LogP) is 4.97. The van der Waals surface area contributed by atoms with E-state index in [-0.39, 0.29) is 17.9 Å². The third kappa shape index (κ3) is 6.54. The minimum Gasteiger partial charge on any atom is -0.492 e. The molecule has 0 aromatic heterocycles. The van der Waals surface area contributed by atoms with Gasteiger partial charge in [0, 0.05) is 5.02 Å². The van der Waals surface area contributed by atoms with E-state index in [2.05, 4.69) is 42.0 Å². The molecule has 0 unspecified atom stereocenters. The summed E-state index contributed by atoms with van der Waals surface area (Å²) >= 11 is 9.31. The molecule has 1 N–H and O–H groups in total. The van der Waals surface area contributed by atoms with Gasteiger partial charge in [0.2, 0.25) is 0 Å². The Labute approximate surface area is 168 Å². The van der Waals surface area contributed by atoms with Crippen LogP contribution in [-0.2, 0) is 10.2 Å². The van der Waals surface area contributed by atoms with Crippen molar-refractivity contribution in [1.29, 1.82) is 0 Å². The molecule has 0 bridgehead atoms. The number of nitrogens with one attached hydrogen (secondary N) is 1. The van der Waals surface area contributed by atoms with Crippen molar-refractivity contribution < 1.29 is 14.3 Å². The van der Waals surface area contributed by atoms with Gasteiger partial charge in [-0.1, -0.05) is 38.4 Å². The van der Waals surface area contributed by atoms with Crippen molar-refractivity contribution in [2.75, 3.05) is 19.8 Å². The number of ether oxygens (including phenoxy) is 2. The monoisotopic (exact) mass is 439 g/mol. The Morgan fingerprint density at radius 1 is 1.12 bits per heavy atom. The van der Waals surface area contributed by atoms with E-state index in [1.807, 2.05) is 18.2 Å². The summed E-state index contributed by atoms with van der Waals surface area (Å²) in [6.45, 7) is 7.17. The van der Waals surface area contributed by atoms with Crippen LogP contribution in [-0.4, -0.2) is 25.7 Å². The molecule has 0 fully saturated rings. The molecule has 0 atom stereocenters. The molecular formula is C20H23BrClNO3. The van der Waals surface area contributed by atoms with Crippen LogP contribution in [0.4, 0.5) is 0 Å². The number of hydrogen-bond acceptors (Lipinski definition) is 3. The number of amides is 1. The number of hydrogen-bond donors (Lipinski definition) is 1. The van der Waals surface area contributed by atoms with Gasteiger partial charge in [-0.3, -0.25) is 4.79 Å². The molecule has 0 spiro atoms. The van der Waals surface area contributed by atoms with Crippen LogP contribution in [0.3, 0.4) is 0 Å². The van der Waals surface area contributed by atoms with E-state index < -0.39 is 0 Å². The molecule has 0 aliphatic carbocycles. The van der Waals surface area contributed by atoms with Crippen LogP contribution in [0.15, 0.2) is 46.9 Å². The highest BCUT2D eigenvalue weighted by molar-refractivity contribution is 9.10. The number of carbonyl (C=O) groups is 1. The smallest absolute Gasteiger partial charge is 0.258 e. The summed E-state index contributed by atoms with van der Waals surface area (Å²) in [7, 11) is 0. The molecule has 0 saturated heterocycles. The minimum atomic E-state index is -0.198. The van der Waals surface area contributed by atoms with Crippen molar-refractivity contribution in [2.24, 2.45) is 0 Å². The fraction of sp³-hybridized carbons (Fsp3) is 0.350. The maximum Gasteiger partial charge on any atom is 0.258 e.